The summed E-state index contributed by atoms with van der Waals surface area (Å²) in [6.45, 7) is 5.03. The lowest BCUT2D eigenvalue weighted by Gasteiger charge is -2.25. The predicted octanol–water partition coefficient (Wildman–Crippen LogP) is -3.54. The minimum atomic E-state index is 0.0694. The predicted molar refractivity (Wildman–Crippen MR) is 79.3 cm³/mol. The zero-order valence-electron chi connectivity index (χ0n) is 12.3. The molecule has 0 radical (unpaired) electrons. The fraction of sp³-hybridized carbons (Fsp3) is 1.00. The molecule has 0 heterocycles. The lowest BCUT2D eigenvalue weighted by Crippen LogP contribution is -2.40. The highest BCUT2D eigenvalue weighted by Gasteiger charge is 2.07. The van der Waals surface area contributed by atoms with Crippen molar-refractivity contribution in [1.29, 1.82) is 0 Å². The summed E-state index contributed by atoms with van der Waals surface area (Å²) in [5.41, 5.74) is 9.81. The monoisotopic (exact) mass is 296 g/mol. The molecule has 0 saturated carbocycles. The van der Waals surface area contributed by atoms with Gasteiger partial charge in [0, 0.05) is 52.4 Å². The second-order valence-corrected chi connectivity index (χ2v) is 4.16. The van der Waals surface area contributed by atoms with Crippen LogP contribution in [-0.4, -0.2) is 109 Å². The lowest BCUT2D eigenvalue weighted by atomic mass is 10.4. The van der Waals surface area contributed by atoms with Crippen LogP contribution in [0.25, 0.3) is 0 Å². The highest BCUT2D eigenvalue weighted by molar-refractivity contribution is 4.62. The van der Waals surface area contributed by atoms with Crippen LogP contribution in [0.1, 0.15) is 0 Å². The number of aliphatic hydroxyl groups excluding tert-OH is 4. The first kappa shape index (κ1) is 22.0. The molecule has 0 bridgehead atoms. The zero-order chi connectivity index (χ0) is 15.6. The molecule has 124 valence electrons. The van der Waals surface area contributed by atoms with Gasteiger partial charge in [0.1, 0.15) is 0 Å². The molecule has 8 N–H and O–H groups in total. The van der Waals surface area contributed by atoms with Gasteiger partial charge in [-0.2, -0.15) is 0 Å². The highest BCUT2D eigenvalue weighted by atomic mass is 16.3. The van der Waals surface area contributed by atoms with Gasteiger partial charge in [0.25, 0.3) is 0 Å². The Kier molecular flexibility index (Phi) is 20.5. The Balaban J connectivity index is 0. The third kappa shape index (κ3) is 15.7. The molecular formula is C12H32N4O4. The van der Waals surface area contributed by atoms with Gasteiger partial charge in [0.15, 0.2) is 0 Å². The molecule has 0 aliphatic heterocycles. The summed E-state index contributed by atoms with van der Waals surface area (Å²) < 4.78 is 0. The molecule has 0 aliphatic carbocycles. The molecule has 8 heteroatoms. The van der Waals surface area contributed by atoms with E-state index in [2.05, 4.69) is 0 Å². The molecule has 0 aromatic heterocycles. The maximum atomic E-state index is 8.82. The Labute approximate surface area is 121 Å². The van der Waals surface area contributed by atoms with Gasteiger partial charge in [-0.3, -0.25) is 9.80 Å². The fourth-order valence-electron chi connectivity index (χ4n) is 1.52. The summed E-state index contributed by atoms with van der Waals surface area (Å²) in [5.74, 6) is 0. The molecule has 0 spiro atoms. The maximum absolute atomic E-state index is 8.82. The van der Waals surface area contributed by atoms with Crippen molar-refractivity contribution in [1.82, 2.24) is 9.80 Å². The standard InChI is InChI=1S/C10H24N2O4.C2H8N2/c13-7-3-11(4-8-14)1-2-12(5-9-15)6-10-16;3-1-2-4/h13-16H,1-10H2;1-4H2. The number of nitrogens with zero attached hydrogens (tertiary/aromatic N) is 2. The van der Waals surface area contributed by atoms with Crippen molar-refractivity contribution in [2.24, 2.45) is 11.5 Å². The minimum absolute atomic E-state index is 0.0694. The smallest absolute Gasteiger partial charge is 0.0558 e. The minimum Gasteiger partial charge on any atom is -0.395 e. The van der Waals surface area contributed by atoms with Crippen molar-refractivity contribution in [3.8, 4) is 0 Å². The third-order valence-electron chi connectivity index (χ3n) is 2.56. The van der Waals surface area contributed by atoms with Crippen molar-refractivity contribution in [3.05, 3.63) is 0 Å². The average Bonchev–Trinajstić information content (AvgIpc) is 2.46. The first-order valence-corrected chi connectivity index (χ1v) is 6.98. The molecule has 0 atom stereocenters. The van der Waals surface area contributed by atoms with Gasteiger partial charge in [0.2, 0.25) is 0 Å². The van der Waals surface area contributed by atoms with E-state index in [0.717, 1.165) is 0 Å². The third-order valence-corrected chi connectivity index (χ3v) is 2.56. The normalized spacial score (nSPS) is 10.8. The van der Waals surface area contributed by atoms with Gasteiger partial charge in [-0.25, -0.2) is 0 Å². The van der Waals surface area contributed by atoms with Gasteiger partial charge in [-0.15, -0.1) is 0 Å². The van der Waals surface area contributed by atoms with Crippen LogP contribution in [0.15, 0.2) is 0 Å². The van der Waals surface area contributed by atoms with E-state index in [4.69, 9.17) is 31.9 Å². The quantitative estimate of drug-likeness (QED) is 0.218. The summed E-state index contributed by atoms with van der Waals surface area (Å²) in [6, 6.07) is 0. The summed E-state index contributed by atoms with van der Waals surface area (Å²) >= 11 is 0. The molecule has 0 aromatic rings. The molecule has 8 nitrogen and oxygen atoms in total. The van der Waals surface area contributed by atoms with Crippen molar-refractivity contribution in [2.75, 3.05) is 78.8 Å². The van der Waals surface area contributed by atoms with E-state index in [9.17, 15) is 0 Å². The molecule has 0 aliphatic rings. The SMILES string of the molecule is NCCN.OCCN(CCO)CCN(CCO)CCO. The van der Waals surface area contributed by atoms with Crippen LogP contribution in [0.4, 0.5) is 0 Å². The van der Waals surface area contributed by atoms with Crippen LogP contribution >= 0.6 is 0 Å². The molecule has 0 aromatic carbocycles. The Morgan fingerprint density at radius 1 is 0.500 bits per heavy atom. The summed E-state index contributed by atoms with van der Waals surface area (Å²) in [4.78, 5) is 3.89. The lowest BCUT2D eigenvalue weighted by molar-refractivity contribution is 0.121. The maximum Gasteiger partial charge on any atom is 0.0558 e. The van der Waals surface area contributed by atoms with Gasteiger partial charge in [0.05, 0.1) is 26.4 Å². The summed E-state index contributed by atoms with van der Waals surface area (Å²) in [6.07, 6.45) is 0. The average molecular weight is 296 g/mol. The van der Waals surface area contributed by atoms with E-state index in [0.29, 0.717) is 52.4 Å². The van der Waals surface area contributed by atoms with Gasteiger partial charge >= 0.3 is 0 Å². The van der Waals surface area contributed by atoms with Gasteiger partial charge in [-0.05, 0) is 0 Å². The summed E-state index contributed by atoms with van der Waals surface area (Å²) in [5, 5.41) is 35.3. The van der Waals surface area contributed by atoms with E-state index in [-0.39, 0.29) is 26.4 Å². The second-order valence-electron chi connectivity index (χ2n) is 4.16. The van der Waals surface area contributed by atoms with Gasteiger partial charge < -0.3 is 31.9 Å². The number of nitrogens with two attached hydrogens (primary N) is 2. The number of aliphatic hydroxyl groups is 4. The number of hydrogen-bond donors (Lipinski definition) is 6. The van der Waals surface area contributed by atoms with Crippen LogP contribution in [0.2, 0.25) is 0 Å². The number of rotatable bonds is 12. The van der Waals surface area contributed by atoms with Crippen LogP contribution in [0.5, 0.6) is 0 Å². The number of hydrogen-bond acceptors (Lipinski definition) is 8. The van der Waals surface area contributed by atoms with Crippen molar-refractivity contribution in [3.63, 3.8) is 0 Å². The van der Waals surface area contributed by atoms with Gasteiger partial charge in [-0.1, -0.05) is 0 Å². The van der Waals surface area contributed by atoms with Crippen molar-refractivity contribution >= 4 is 0 Å². The van der Waals surface area contributed by atoms with Crippen molar-refractivity contribution in [2.45, 2.75) is 0 Å². The molecule has 0 rings (SSSR count). The molecule has 0 unspecified atom stereocenters. The topological polar surface area (TPSA) is 139 Å². The zero-order valence-corrected chi connectivity index (χ0v) is 12.3. The van der Waals surface area contributed by atoms with E-state index in [1.807, 2.05) is 9.80 Å². The van der Waals surface area contributed by atoms with E-state index >= 15 is 0 Å². The first-order valence-electron chi connectivity index (χ1n) is 6.98. The Hall–Kier alpha value is -0.320. The molecule has 0 saturated heterocycles. The first-order chi connectivity index (χ1) is 9.69. The van der Waals surface area contributed by atoms with Crippen LogP contribution in [0.3, 0.4) is 0 Å². The van der Waals surface area contributed by atoms with E-state index in [1.165, 1.54) is 0 Å². The van der Waals surface area contributed by atoms with Crippen LogP contribution in [0, 0.1) is 0 Å². The fourth-order valence-corrected chi connectivity index (χ4v) is 1.52. The largest absolute Gasteiger partial charge is 0.395 e. The Morgan fingerprint density at radius 2 is 0.750 bits per heavy atom. The van der Waals surface area contributed by atoms with Crippen LogP contribution < -0.4 is 11.5 Å². The molecule has 0 amide bonds. The molecule has 0 fully saturated rings. The van der Waals surface area contributed by atoms with Crippen LogP contribution in [-0.2, 0) is 0 Å². The summed E-state index contributed by atoms with van der Waals surface area (Å²) in [7, 11) is 0. The van der Waals surface area contributed by atoms with E-state index in [1.54, 1.807) is 0 Å². The Morgan fingerprint density at radius 3 is 0.900 bits per heavy atom. The van der Waals surface area contributed by atoms with E-state index < -0.39 is 0 Å². The second kappa shape index (κ2) is 18.7. The molecule has 20 heavy (non-hydrogen) atoms. The Bertz CT molecular complexity index is 148. The highest BCUT2D eigenvalue weighted by Crippen LogP contribution is 1.92. The van der Waals surface area contributed by atoms with Crippen molar-refractivity contribution < 1.29 is 20.4 Å². The molecular weight excluding hydrogens is 264 g/mol.